The lowest BCUT2D eigenvalue weighted by atomic mass is 9.61. The van der Waals surface area contributed by atoms with Crippen LogP contribution in [0, 0.1) is 0 Å². The molecule has 4 heteroatoms. The van der Waals surface area contributed by atoms with E-state index < -0.39 is 0 Å². The largest absolute Gasteiger partial charge is 0.466 e. The van der Waals surface area contributed by atoms with E-state index in [9.17, 15) is 0 Å². The lowest BCUT2D eigenvalue weighted by molar-refractivity contribution is 0.00578. The Morgan fingerprint density at radius 1 is 0.625 bits per heavy atom. The molecule has 204 valence electrons. The second kappa shape index (κ2) is 10.7. The molecule has 0 aromatic heterocycles. The van der Waals surface area contributed by atoms with E-state index in [1.807, 2.05) is 0 Å². The van der Waals surface area contributed by atoms with Gasteiger partial charge in [0.2, 0.25) is 0 Å². The summed E-state index contributed by atoms with van der Waals surface area (Å²) in [6, 6.07) is 41.6. The quantitative estimate of drug-likeness (QED) is 0.202. The van der Waals surface area contributed by atoms with Gasteiger partial charge in [0.05, 0.1) is 11.2 Å². The molecule has 0 spiro atoms. The molecule has 0 amide bonds. The van der Waals surface area contributed by atoms with Gasteiger partial charge in [-0.25, -0.2) is 0 Å². The summed E-state index contributed by atoms with van der Waals surface area (Å²) in [4.78, 5) is 2.67. The van der Waals surface area contributed by atoms with Crippen LogP contribution in [-0.2, 0) is 22.4 Å². The number of rotatable bonds is 9. The van der Waals surface area contributed by atoms with E-state index >= 15 is 0 Å². The van der Waals surface area contributed by atoms with Crippen LogP contribution in [0.15, 0.2) is 115 Å². The molecule has 0 bridgehead atoms. The van der Waals surface area contributed by atoms with Crippen molar-refractivity contribution in [2.75, 3.05) is 0 Å². The summed E-state index contributed by atoms with van der Waals surface area (Å²) in [5.74, 6) is 0. The molecule has 0 N–H and O–H groups in total. The Hall–Kier alpha value is -3.18. The van der Waals surface area contributed by atoms with E-state index in [4.69, 9.17) is 9.31 Å². The highest BCUT2D eigenvalue weighted by atomic mass is 16.7. The molecule has 1 aliphatic heterocycles. The van der Waals surface area contributed by atoms with Gasteiger partial charge in [0.1, 0.15) is 0 Å². The summed E-state index contributed by atoms with van der Waals surface area (Å²) in [6.45, 7) is 10.3. The van der Waals surface area contributed by atoms with Crippen molar-refractivity contribution in [3.8, 4) is 11.1 Å². The van der Waals surface area contributed by atoms with Crippen LogP contribution in [-0.4, -0.2) is 23.2 Å². The van der Waals surface area contributed by atoms with E-state index in [0.717, 1.165) is 25.9 Å². The molecule has 2 fully saturated rings. The second-order valence-corrected chi connectivity index (χ2v) is 12.6. The molecule has 1 atom stereocenters. The number of hydrogen-bond acceptors (Lipinski definition) is 3. The third-order valence-electron chi connectivity index (χ3n) is 9.26. The van der Waals surface area contributed by atoms with E-state index in [1.165, 1.54) is 27.8 Å². The summed E-state index contributed by atoms with van der Waals surface area (Å²) in [5.41, 5.74) is 5.73. The summed E-state index contributed by atoms with van der Waals surface area (Å²) >= 11 is 0. The van der Waals surface area contributed by atoms with Gasteiger partial charge in [-0.05, 0) is 68.4 Å². The molecule has 1 aliphatic carbocycles. The van der Waals surface area contributed by atoms with Crippen molar-refractivity contribution < 1.29 is 9.31 Å². The predicted octanol–water partition coefficient (Wildman–Crippen LogP) is 8.72. The summed E-state index contributed by atoms with van der Waals surface area (Å²) in [6.07, 6.45) is 2.13. The molecule has 0 radical (unpaired) electrons. The Labute approximate surface area is 240 Å². The summed E-state index contributed by atoms with van der Waals surface area (Å²) in [7, 11) is -0.277. The van der Waals surface area contributed by atoms with Crippen LogP contribution in [0.2, 0.25) is 5.31 Å². The highest BCUT2D eigenvalue weighted by Crippen LogP contribution is 2.69. The Kier molecular flexibility index (Phi) is 7.20. The third kappa shape index (κ3) is 5.17. The van der Waals surface area contributed by atoms with Crippen LogP contribution in [0.1, 0.15) is 63.3 Å². The Balaban J connectivity index is 1.51. The van der Waals surface area contributed by atoms with E-state index in [0.29, 0.717) is 0 Å². The first-order valence-electron chi connectivity index (χ1n) is 14.6. The fourth-order valence-electron chi connectivity index (χ4n) is 6.22. The van der Waals surface area contributed by atoms with Gasteiger partial charge in [-0.1, -0.05) is 115 Å². The minimum Gasteiger partial charge on any atom is -0.403 e. The van der Waals surface area contributed by atoms with Gasteiger partial charge < -0.3 is 9.31 Å². The zero-order valence-electron chi connectivity index (χ0n) is 24.2. The molecule has 4 aromatic carbocycles. The molecule has 1 saturated carbocycles. The lowest BCUT2D eigenvalue weighted by Gasteiger charge is -2.40. The zero-order chi connectivity index (χ0) is 27.8. The van der Waals surface area contributed by atoms with Crippen LogP contribution in [0.3, 0.4) is 0 Å². The number of benzene rings is 4. The van der Waals surface area contributed by atoms with Crippen LogP contribution >= 0.6 is 0 Å². The van der Waals surface area contributed by atoms with Crippen molar-refractivity contribution in [2.45, 2.75) is 76.2 Å². The van der Waals surface area contributed by atoms with Crippen molar-refractivity contribution in [1.82, 2.24) is 4.90 Å². The van der Waals surface area contributed by atoms with Gasteiger partial charge in [0.25, 0.3) is 0 Å². The van der Waals surface area contributed by atoms with E-state index in [2.05, 4.69) is 148 Å². The highest BCUT2D eigenvalue weighted by molar-refractivity contribution is 6.51. The van der Waals surface area contributed by atoms with Crippen molar-refractivity contribution >= 4 is 7.12 Å². The number of hydrogen-bond donors (Lipinski definition) is 0. The molecule has 1 heterocycles. The molecule has 1 saturated heterocycles. The van der Waals surface area contributed by atoms with Gasteiger partial charge in [-0.2, -0.15) is 0 Å². The van der Waals surface area contributed by atoms with Crippen molar-refractivity contribution in [1.29, 1.82) is 0 Å². The molecule has 0 unspecified atom stereocenters. The normalized spacial score (nSPS) is 19.5. The van der Waals surface area contributed by atoms with Crippen molar-refractivity contribution in [3.63, 3.8) is 0 Å². The average molecular weight is 530 g/mol. The maximum atomic E-state index is 6.84. The first-order valence-corrected chi connectivity index (χ1v) is 14.6. The van der Waals surface area contributed by atoms with Crippen LogP contribution in [0.25, 0.3) is 11.1 Å². The minimum atomic E-state index is -0.375. The Morgan fingerprint density at radius 3 is 1.57 bits per heavy atom. The molecule has 4 aromatic rings. The van der Waals surface area contributed by atoms with E-state index in [-0.39, 0.29) is 29.7 Å². The van der Waals surface area contributed by atoms with E-state index in [1.54, 1.807) is 0 Å². The Bertz CT molecular complexity index is 1360. The molecule has 2 aliphatic rings. The highest BCUT2D eigenvalue weighted by Gasteiger charge is 2.68. The monoisotopic (exact) mass is 529 g/mol. The SMILES string of the molecule is CC1(C)OB(C2([C@@H](c3ccccc3-c3ccccc3)N(Cc3ccccc3)Cc3ccccc3)CC2)OC1(C)C. The van der Waals surface area contributed by atoms with Crippen molar-refractivity contribution in [2.24, 2.45) is 0 Å². The fraction of sp³-hybridized carbons (Fsp3) is 0.333. The van der Waals surface area contributed by atoms with Crippen LogP contribution in [0.4, 0.5) is 0 Å². The maximum Gasteiger partial charge on any atom is 0.466 e. The zero-order valence-corrected chi connectivity index (χ0v) is 24.2. The molecule has 3 nitrogen and oxygen atoms in total. The standard InChI is InChI=1S/C36H40BNO2/c1-34(2)35(3,4)40-37(39-34)36(24-25-36)33(32-23-15-14-22-31(32)30-20-12-7-13-21-30)38(26-28-16-8-5-9-17-28)27-29-18-10-6-11-19-29/h5-23,33H,24-27H2,1-4H3/t33-/m1/s1. The fourth-order valence-corrected chi connectivity index (χ4v) is 6.22. The van der Waals surface area contributed by atoms with Gasteiger partial charge in [-0.3, -0.25) is 4.90 Å². The lowest BCUT2D eigenvalue weighted by Crippen LogP contribution is -2.41. The van der Waals surface area contributed by atoms with Gasteiger partial charge in [0.15, 0.2) is 0 Å². The topological polar surface area (TPSA) is 21.7 Å². The summed E-state index contributed by atoms with van der Waals surface area (Å²) < 4.78 is 13.7. The first kappa shape index (κ1) is 27.0. The average Bonchev–Trinajstić information content (AvgIpc) is 3.72. The second-order valence-electron chi connectivity index (χ2n) is 12.6. The first-order chi connectivity index (χ1) is 19.3. The van der Waals surface area contributed by atoms with Gasteiger partial charge in [0, 0.05) is 24.4 Å². The molecular formula is C36H40BNO2. The minimum absolute atomic E-state index is 0.0963. The van der Waals surface area contributed by atoms with Crippen LogP contribution in [0.5, 0.6) is 0 Å². The predicted molar refractivity (Wildman–Crippen MR) is 165 cm³/mol. The Morgan fingerprint density at radius 2 is 1.07 bits per heavy atom. The molecule has 40 heavy (non-hydrogen) atoms. The molecular weight excluding hydrogens is 489 g/mol. The van der Waals surface area contributed by atoms with Crippen molar-refractivity contribution in [3.05, 3.63) is 132 Å². The smallest absolute Gasteiger partial charge is 0.403 e. The number of nitrogens with zero attached hydrogens (tertiary/aromatic N) is 1. The van der Waals surface area contributed by atoms with Gasteiger partial charge in [-0.15, -0.1) is 0 Å². The van der Waals surface area contributed by atoms with Gasteiger partial charge >= 0.3 is 7.12 Å². The third-order valence-corrected chi connectivity index (χ3v) is 9.26. The molecule has 6 rings (SSSR count). The summed E-state index contributed by atoms with van der Waals surface area (Å²) in [5, 5.41) is -0.153. The van der Waals surface area contributed by atoms with Crippen LogP contribution < -0.4 is 0 Å². The maximum absolute atomic E-state index is 6.84.